The third-order valence-electron chi connectivity index (χ3n) is 4.70. The lowest BCUT2D eigenvalue weighted by Gasteiger charge is -2.22. The van der Waals surface area contributed by atoms with Gasteiger partial charge in [0.2, 0.25) is 0 Å². The number of phenolic OH excluding ortho intramolecular Hbond substituents is 1. The number of nitrogens with zero attached hydrogens (tertiary/aromatic N) is 1. The number of aromatic nitrogens is 1. The van der Waals surface area contributed by atoms with Crippen molar-refractivity contribution in [1.82, 2.24) is 10.3 Å². The number of carbonyl (C=O) groups excluding carboxylic acids is 1. The van der Waals surface area contributed by atoms with Gasteiger partial charge in [0.1, 0.15) is 11.3 Å². The third kappa shape index (κ3) is 4.08. The lowest BCUT2D eigenvalue weighted by Crippen LogP contribution is -2.29. The first-order valence-corrected chi connectivity index (χ1v) is 10.2. The summed E-state index contributed by atoms with van der Waals surface area (Å²) in [7, 11) is 0. The summed E-state index contributed by atoms with van der Waals surface area (Å²) in [6.07, 6.45) is 1.60. The summed E-state index contributed by atoms with van der Waals surface area (Å²) in [6.45, 7) is 0. The second kappa shape index (κ2) is 8.52. The van der Waals surface area contributed by atoms with Gasteiger partial charge in [-0.2, -0.15) is 0 Å². The van der Waals surface area contributed by atoms with E-state index in [4.69, 9.17) is 34.8 Å². The molecule has 30 heavy (non-hydrogen) atoms. The Hall–Kier alpha value is -2.79. The first kappa shape index (κ1) is 20.5. The maximum absolute atomic E-state index is 13.0. The van der Waals surface area contributed by atoms with Crippen LogP contribution in [0.2, 0.25) is 15.1 Å². The predicted molar refractivity (Wildman–Crippen MR) is 121 cm³/mol. The van der Waals surface area contributed by atoms with Crippen LogP contribution in [0.1, 0.15) is 27.5 Å². The molecule has 0 spiro atoms. The van der Waals surface area contributed by atoms with E-state index in [1.165, 1.54) is 0 Å². The van der Waals surface area contributed by atoms with Crippen LogP contribution in [0, 0.1) is 0 Å². The molecule has 1 aromatic heterocycles. The number of phenols is 1. The van der Waals surface area contributed by atoms with Gasteiger partial charge < -0.3 is 10.4 Å². The zero-order valence-electron chi connectivity index (χ0n) is 15.4. The number of amides is 1. The average molecular weight is 458 g/mol. The highest BCUT2D eigenvalue weighted by Crippen LogP contribution is 2.36. The molecular formula is C23H15Cl3N2O2. The second-order valence-corrected chi connectivity index (χ2v) is 7.95. The SMILES string of the molecule is O=C(NC(c1cc(Cl)cc(Cl)c1)c1ccc2cccnc2c1O)c1ccccc1Cl. The van der Waals surface area contributed by atoms with Gasteiger partial charge in [-0.3, -0.25) is 9.78 Å². The number of benzene rings is 3. The van der Waals surface area contributed by atoms with Gasteiger partial charge in [0.15, 0.2) is 0 Å². The fourth-order valence-electron chi connectivity index (χ4n) is 3.31. The molecule has 0 saturated heterocycles. The molecule has 4 rings (SSSR count). The second-order valence-electron chi connectivity index (χ2n) is 6.67. The van der Waals surface area contributed by atoms with Gasteiger partial charge in [0.25, 0.3) is 5.91 Å². The number of carbonyl (C=O) groups is 1. The van der Waals surface area contributed by atoms with Crippen molar-refractivity contribution < 1.29 is 9.90 Å². The van der Waals surface area contributed by atoms with E-state index in [1.807, 2.05) is 12.1 Å². The zero-order valence-corrected chi connectivity index (χ0v) is 17.7. The monoisotopic (exact) mass is 456 g/mol. The molecule has 4 nitrogen and oxygen atoms in total. The van der Waals surface area contributed by atoms with Crippen LogP contribution in [0.5, 0.6) is 5.75 Å². The van der Waals surface area contributed by atoms with Gasteiger partial charge in [0, 0.05) is 27.2 Å². The number of fused-ring (bicyclic) bond motifs is 1. The van der Waals surface area contributed by atoms with Crippen molar-refractivity contribution >= 4 is 51.6 Å². The third-order valence-corrected chi connectivity index (χ3v) is 5.47. The first-order valence-electron chi connectivity index (χ1n) is 9.02. The van der Waals surface area contributed by atoms with Crippen molar-refractivity contribution in [3.63, 3.8) is 0 Å². The summed E-state index contributed by atoms with van der Waals surface area (Å²) in [5, 5.41) is 15.8. The van der Waals surface area contributed by atoms with Crippen LogP contribution in [0.25, 0.3) is 10.9 Å². The van der Waals surface area contributed by atoms with Crippen molar-refractivity contribution in [1.29, 1.82) is 0 Å². The van der Waals surface area contributed by atoms with Crippen molar-refractivity contribution in [3.8, 4) is 5.75 Å². The Labute approximate surface area is 188 Å². The molecule has 0 radical (unpaired) electrons. The fourth-order valence-corrected chi connectivity index (χ4v) is 4.08. The number of pyridine rings is 1. The van der Waals surface area contributed by atoms with Crippen molar-refractivity contribution in [2.24, 2.45) is 0 Å². The Balaban J connectivity index is 1.85. The summed E-state index contributed by atoms with van der Waals surface area (Å²) in [5.74, 6) is -0.434. The highest BCUT2D eigenvalue weighted by Gasteiger charge is 2.24. The predicted octanol–water partition coefficient (Wildman–Crippen LogP) is 6.42. The van der Waals surface area contributed by atoms with E-state index in [2.05, 4.69) is 10.3 Å². The lowest BCUT2D eigenvalue weighted by molar-refractivity contribution is 0.0943. The van der Waals surface area contributed by atoms with Crippen LogP contribution >= 0.6 is 34.8 Å². The number of hydrogen-bond donors (Lipinski definition) is 2. The van der Waals surface area contributed by atoms with Crippen molar-refractivity contribution in [3.05, 3.63) is 105 Å². The zero-order chi connectivity index (χ0) is 21.3. The van der Waals surface area contributed by atoms with E-state index in [0.29, 0.717) is 37.3 Å². The van der Waals surface area contributed by atoms with Gasteiger partial charge in [-0.25, -0.2) is 0 Å². The highest BCUT2D eigenvalue weighted by molar-refractivity contribution is 6.35. The molecule has 1 atom stereocenters. The molecule has 0 aliphatic heterocycles. The summed E-state index contributed by atoms with van der Waals surface area (Å²) in [4.78, 5) is 17.3. The molecule has 0 fully saturated rings. The minimum absolute atomic E-state index is 0.0337. The van der Waals surface area contributed by atoms with E-state index < -0.39 is 11.9 Å². The first-order chi connectivity index (χ1) is 14.4. The molecule has 7 heteroatoms. The standard InChI is InChI=1S/C23H15Cl3N2O2/c24-15-10-14(11-16(25)12-15)20(28-23(30)17-5-1-2-6-19(17)26)18-8-7-13-4-3-9-27-21(13)22(18)29/h1-12,20,29H,(H,28,30). The summed E-state index contributed by atoms with van der Waals surface area (Å²) in [6, 6.07) is 18.2. The van der Waals surface area contributed by atoms with Crippen LogP contribution in [-0.2, 0) is 0 Å². The smallest absolute Gasteiger partial charge is 0.253 e. The van der Waals surface area contributed by atoms with Crippen molar-refractivity contribution in [2.45, 2.75) is 6.04 Å². The van der Waals surface area contributed by atoms with Gasteiger partial charge in [0.05, 0.1) is 16.6 Å². The van der Waals surface area contributed by atoms with E-state index in [1.54, 1.807) is 60.8 Å². The van der Waals surface area contributed by atoms with Gasteiger partial charge in [-0.05, 0) is 42.0 Å². The van der Waals surface area contributed by atoms with Gasteiger partial charge in [-0.15, -0.1) is 0 Å². The summed E-state index contributed by atoms with van der Waals surface area (Å²) < 4.78 is 0. The molecular weight excluding hydrogens is 443 g/mol. The van der Waals surface area contributed by atoms with Crippen LogP contribution in [0.4, 0.5) is 0 Å². The Morgan fingerprint density at radius 2 is 1.67 bits per heavy atom. The molecule has 150 valence electrons. The molecule has 1 amide bonds. The Kier molecular flexibility index (Phi) is 5.82. The topological polar surface area (TPSA) is 62.2 Å². The molecule has 2 N–H and O–H groups in total. The van der Waals surface area contributed by atoms with Crippen LogP contribution in [0.15, 0.2) is 72.9 Å². The number of nitrogens with one attached hydrogen (secondary N) is 1. The summed E-state index contributed by atoms with van der Waals surface area (Å²) >= 11 is 18.6. The van der Waals surface area contributed by atoms with Gasteiger partial charge >= 0.3 is 0 Å². The van der Waals surface area contributed by atoms with Crippen LogP contribution in [-0.4, -0.2) is 16.0 Å². The summed E-state index contributed by atoms with van der Waals surface area (Å²) in [5.41, 5.74) is 1.81. The van der Waals surface area contributed by atoms with E-state index in [-0.39, 0.29) is 5.75 Å². The Morgan fingerprint density at radius 1 is 0.933 bits per heavy atom. The molecule has 1 heterocycles. The number of halogens is 3. The molecule has 4 aromatic rings. The van der Waals surface area contributed by atoms with E-state index in [0.717, 1.165) is 5.39 Å². The Morgan fingerprint density at radius 3 is 2.40 bits per heavy atom. The number of aromatic hydroxyl groups is 1. The van der Waals surface area contributed by atoms with Crippen LogP contribution in [0.3, 0.4) is 0 Å². The fraction of sp³-hybridized carbons (Fsp3) is 0.0435. The molecule has 3 aromatic carbocycles. The molecule has 0 aliphatic rings. The van der Waals surface area contributed by atoms with Crippen molar-refractivity contribution in [2.75, 3.05) is 0 Å². The maximum Gasteiger partial charge on any atom is 0.253 e. The number of rotatable bonds is 4. The molecule has 0 aliphatic carbocycles. The van der Waals surface area contributed by atoms with Gasteiger partial charge in [-0.1, -0.05) is 65.1 Å². The number of hydrogen-bond acceptors (Lipinski definition) is 3. The lowest BCUT2D eigenvalue weighted by atomic mass is 9.96. The maximum atomic E-state index is 13.0. The highest BCUT2D eigenvalue weighted by atomic mass is 35.5. The molecule has 0 saturated carbocycles. The minimum atomic E-state index is -0.739. The van der Waals surface area contributed by atoms with Crippen LogP contribution < -0.4 is 5.32 Å². The van der Waals surface area contributed by atoms with E-state index >= 15 is 0 Å². The molecule has 1 unspecified atom stereocenters. The average Bonchev–Trinajstić information content (AvgIpc) is 2.72. The minimum Gasteiger partial charge on any atom is -0.505 e. The normalized spacial score (nSPS) is 12.0. The Bertz CT molecular complexity index is 1240. The van der Waals surface area contributed by atoms with E-state index in [9.17, 15) is 9.90 Å². The molecule has 0 bridgehead atoms. The largest absolute Gasteiger partial charge is 0.505 e. The quantitative estimate of drug-likeness (QED) is 0.372.